The lowest BCUT2D eigenvalue weighted by Crippen LogP contribution is -2.25. The SMILES string of the molecule is CCOc1cc(CNC[C@H]2CCCO2)ccc1OCC(=O)Nc1ccc(C)cc1. The van der Waals surface area contributed by atoms with E-state index in [1.54, 1.807) is 0 Å². The lowest BCUT2D eigenvalue weighted by atomic mass is 10.2. The molecule has 1 heterocycles. The van der Waals surface area contributed by atoms with Crippen molar-refractivity contribution in [3.05, 3.63) is 53.6 Å². The quantitative estimate of drug-likeness (QED) is 0.639. The summed E-state index contributed by atoms with van der Waals surface area (Å²) < 4.78 is 17.1. The number of nitrogens with one attached hydrogen (secondary N) is 2. The number of carbonyl (C=O) groups is 1. The molecule has 1 saturated heterocycles. The number of carbonyl (C=O) groups excluding carboxylic acids is 1. The lowest BCUT2D eigenvalue weighted by molar-refractivity contribution is -0.118. The first kappa shape index (κ1) is 21.1. The summed E-state index contributed by atoms with van der Waals surface area (Å²) in [5, 5.41) is 6.26. The maximum atomic E-state index is 12.2. The molecule has 1 amide bonds. The zero-order valence-corrected chi connectivity index (χ0v) is 17.2. The van der Waals surface area contributed by atoms with Crippen LogP contribution in [0, 0.1) is 6.92 Å². The molecule has 1 atom stereocenters. The molecule has 0 aliphatic carbocycles. The highest BCUT2D eigenvalue weighted by molar-refractivity contribution is 5.91. The zero-order chi connectivity index (χ0) is 20.5. The molecule has 29 heavy (non-hydrogen) atoms. The second kappa shape index (κ2) is 10.8. The van der Waals surface area contributed by atoms with Crippen LogP contribution in [0.2, 0.25) is 0 Å². The van der Waals surface area contributed by atoms with Crippen LogP contribution in [0.4, 0.5) is 5.69 Å². The van der Waals surface area contributed by atoms with Gasteiger partial charge in [0, 0.05) is 25.4 Å². The third-order valence-corrected chi connectivity index (χ3v) is 4.73. The van der Waals surface area contributed by atoms with Crippen LogP contribution in [0.5, 0.6) is 11.5 Å². The molecule has 0 spiro atoms. The van der Waals surface area contributed by atoms with Crippen LogP contribution in [-0.2, 0) is 16.1 Å². The molecule has 0 unspecified atom stereocenters. The third kappa shape index (κ3) is 6.76. The number of ether oxygens (including phenoxy) is 3. The summed E-state index contributed by atoms with van der Waals surface area (Å²) in [5.41, 5.74) is 3.00. The first-order chi connectivity index (χ1) is 14.1. The van der Waals surface area contributed by atoms with E-state index in [1.807, 2.05) is 56.3 Å². The molecule has 156 valence electrons. The van der Waals surface area contributed by atoms with E-state index in [2.05, 4.69) is 10.6 Å². The third-order valence-electron chi connectivity index (χ3n) is 4.73. The molecule has 2 N–H and O–H groups in total. The van der Waals surface area contributed by atoms with E-state index < -0.39 is 0 Å². The Morgan fingerprint density at radius 2 is 1.97 bits per heavy atom. The second-order valence-electron chi connectivity index (χ2n) is 7.18. The van der Waals surface area contributed by atoms with Gasteiger partial charge >= 0.3 is 0 Å². The molecule has 1 fully saturated rings. The number of benzene rings is 2. The lowest BCUT2D eigenvalue weighted by Gasteiger charge is -2.15. The fraction of sp³-hybridized carbons (Fsp3) is 0.435. The normalized spacial score (nSPS) is 15.9. The van der Waals surface area contributed by atoms with Crippen molar-refractivity contribution in [2.75, 3.05) is 31.7 Å². The summed E-state index contributed by atoms with van der Waals surface area (Å²) in [6, 6.07) is 13.4. The number of anilines is 1. The first-order valence-electron chi connectivity index (χ1n) is 10.2. The van der Waals surface area contributed by atoms with E-state index in [4.69, 9.17) is 14.2 Å². The topological polar surface area (TPSA) is 68.8 Å². The van der Waals surface area contributed by atoms with Crippen molar-refractivity contribution in [2.24, 2.45) is 0 Å². The van der Waals surface area contributed by atoms with Crippen molar-refractivity contribution in [1.29, 1.82) is 0 Å². The summed E-state index contributed by atoms with van der Waals surface area (Å²) in [6.07, 6.45) is 2.58. The number of hydrogen-bond acceptors (Lipinski definition) is 5. The van der Waals surface area contributed by atoms with Gasteiger partial charge in [-0.1, -0.05) is 23.8 Å². The van der Waals surface area contributed by atoms with Crippen molar-refractivity contribution in [1.82, 2.24) is 5.32 Å². The Morgan fingerprint density at radius 3 is 2.69 bits per heavy atom. The summed E-state index contributed by atoms with van der Waals surface area (Å²) >= 11 is 0. The van der Waals surface area contributed by atoms with Gasteiger partial charge in [0.05, 0.1) is 12.7 Å². The number of rotatable bonds is 10. The minimum atomic E-state index is -0.210. The molecule has 3 rings (SSSR count). The monoisotopic (exact) mass is 398 g/mol. The summed E-state index contributed by atoms with van der Waals surface area (Å²) in [5.74, 6) is 0.999. The Labute approximate surface area is 172 Å². The number of aryl methyl sites for hydroxylation is 1. The summed E-state index contributed by atoms with van der Waals surface area (Å²) in [7, 11) is 0. The van der Waals surface area contributed by atoms with Gasteiger partial charge in [-0.2, -0.15) is 0 Å². The van der Waals surface area contributed by atoms with Gasteiger partial charge in [-0.15, -0.1) is 0 Å². The molecule has 6 nitrogen and oxygen atoms in total. The van der Waals surface area contributed by atoms with Gasteiger partial charge < -0.3 is 24.8 Å². The van der Waals surface area contributed by atoms with E-state index in [0.29, 0.717) is 24.2 Å². The van der Waals surface area contributed by atoms with Crippen molar-refractivity contribution in [3.8, 4) is 11.5 Å². The van der Waals surface area contributed by atoms with Crippen molar-refractivity contribution in [3.63, 3.8) is 0 Å². The van der Waals surface area contributed by atoms with Gasteiger partial charge in [0.15, 0.2) is 18.1 Å². The Kier molecular flexibility index (Phi) is 7.90. The minimum absolute atomic E-state index is 0.0788. The molecule has 2 aromatic rings. The van der Waals surface area contributed by atoms with Gasteiger partial charge in [-0.3, -0.25) is 4.79 Å². The second-order valence-corrected chi connectivity index (χ2v) is 7.18. The van der Waals surface area contributed by atoms with Gasteiger partial charge in [-0.05, 0) is 56.5 Å². The molecule has 1 aliphatic heterocycles. The molecule has 0 radical (unpaired) electrons. The molecular formula is C23H30N2O4. The molecule has 0 aromatic heterocycles. The van der Waals surface area contributed by atoms with Crippen LogP contribution in [-0.4, -0.2) is 38.4 Å². The number of amides is 1. The van der Waals surface area contributed by atoms with Crippen LogP contribution in [0.15, 0.2) is 42.5 Å². The Bertz CT molecular complexity index is 786. The van der Waals surface area contributed by atoms with Crippen LogP contribution in [0.3, 0.4) is 0 Å². The van der Waals surface area contributed by atoms with Crippen LogP contribution < -0.4 is 20.1 Å². The van der Waals surface area contributed by atoms with Crippen molar-refractivity contribution < 1.29 is 19.0 Å². The van der Waals surface area contributed by atoms with E-state index in [1.165, 1.54) is 0 Å². The van der Waals surface area contributed by atoms with E-state index >= 15 is 0 Å². The summed E-state index contributed by atoms with van der Waals surface area (Å²) in [6.45, 7) is 6.82. The van der Waals surface area contributed by atoms with Crippen molar-refractivity contribution >= 4 is 11.6 Å². The first-order valence-corrected chi connectivity index (χ1v) is 10.2. The van der Waals surface area contributed by atoms with Crippen LogP contribution in [0.25, 0.3) is 0 Å². The fourth-order valence-corrected chi connectivity index (χ4v) is 3.21. The highest BCUT2D eigenvalue weighted by Crippen LogP contribution is 2.28. The maximum absolute atomic E-state index is 12.2. The Morgan fingerprint density at radius 1 is 1.14 bits per heavy atom. The van der Waals surface area contributed by atoms with Gasteiger partial charge in [0.2, 0.25) is 0 Å². The Balaban J connectivity index is 1.51. The predicted molar refractivity (Wildman–Crippen MR) is 114 cm³/mol. The summed E-state index contributed by atoms with van der Waals surface area (Å²) in [4.78, 5) is 12.2. The molecule has 2 aromatic carbocycles. The molecular weight excluding hydrogens is 368 g/mol. The fourth-order valence-electron chi connectivity index (χ4n) is 3.21. The smallest absolute Gasteiger partial charge is 0.262 e. The zero-order valence-electron chi connectivity index (χ0n) is 17.2. The van der Waals surface area contributed by atoms with E-state index in [-0.39, 0.29) is 12.5 Å². The van der Waals surface area contributed by atoms with Gasteiger partial charge in [0.1, 0.15) is 0 Å². The molecule has 6 heteroatoms. The van der Waals surface area contributed by atoms with Gasteiger partial charge in [-0.25, -0.2) is 0 Å². The van der Waals surface area contributed by atoms with E-state index in [0.717, 1.165) is 49.4 Å². The molecule has 1 aliphatic rings. The standard InChI is InChI=1S/C23H30N2O4/c1-3-27-22-13-18(14-24-15-20-5-4-12-28-20)8-11-21(22)29-16-23(26)25-19-9-6-17(2)7-10-19/h6-11,13,20,24H,3-5,12,14-16H2,1-2H3,(H,25,26)/t20-/m1/s1. The highest BCUT2D eigenvalue weighted by atomic mass is 16.5. The van der Waals surface area contributed by atoms with Gasteiger partial charge in [0.25, 0.3) is 5.91 Å². The molecule has 0 saturated carbocycles. The van der Waals surface area contributed by atoms with Crippen LogP contribution in [0.1, 0.15) is 30.9 Å². The predicted octanol–water partition coefficient (Wildman–Crippen LogP) is 3.68. The van der Waals surface area contributed by atoms with Crippen molar-refractivity contribution in [2.45, 2.75) is 39.3 Å². The minimum Gasteiger partial charge on any atom is -0.490 e. The number of hydrogen-bond donors (Lipinski definition) is 2. The largest absolute Gasteiger partial charge is 0.490 e. The Hall–Kier alpha value is -2.57. The average molecular weight is 399 g/mol. The van der Waals surface area contributed by atoms with E-state index in [9.17, 15) is 4.79 Å². The maximum Gasteiger partial charge on any atom is 0.262 e. The van der Waals surface area contributed by atoms with Crippen LogP contribution >= 0.6 is 0 Å². The molecule has 0 bridgehead atoms. The highest BCUT2D eigenvalue weighted by Gasteiger charge is 2.15. The average Bonchev–Trinajstić information content (AvgIpc) is 3.23.